The lowest BCUT2D eigenvalue weighted by molar-refractivity contribution is -0.137. The first kappa shape index (κ1) is 19.4. The van der Waals surface area contributed by atoms with Crippen LogP contribution in [0.5, 0.6) is 0 Å². The fourth-order valence-corrected chi connectivity index (χ4v) is 5.96. The number of rotatable bonds is 3. The van der Waals surface area contributed by atoms with Crippen LogP contribution in [0.15, 0.2) is 0 Å². The molecule has 3 amide bonds. The second-order valence-electron chi connectivity index (χ2n) is 7.91. The van der Waals surface area contributed by atoms with E-state index in [4.69, 9.17) is 0 Å². The van der Waals surface area contributed by atoms with E-state index in [0.29, 0.717) is 31.6 Å². The summed E-state index contributed by atoms with van der Waals surface area (Å²) in [6.45, 7) is 7.74. The third kappa shape index (κ3) is 3.12. The van der Waals surface area contributed by atoms with Crippen LogP contribution in [0, 0.1) is 0 Å². The van der Waals surface area contributed by atoms with Crippen molar-refractivity contribution >= 4 is 34.1 Å². The summed E-state index contributed by atoms with van der Waals surface area (Å²) in [5.74, 6) is 0.0382. The van der Waals surface area contributed by atoms with Gasteiger partial charge in [0.25, 0.3) is 5.91 Å². The van der Waals surface area contributed by atoms with Gasteiger partial charge in [0.1, 0.15) is 11.5 Å². The maximum Gasteiger partial charge on any atom is 0.257 e. The number of anilines is 1. The van der Waals surface area contributed by atoms with Gasteiger partial charge in [-0.05, 0) is 51.8 Å². The van der Waals surface area contributed by atoms with Gasteiger partial charge in [0.15, 0.2) is 0 Å². The topological polar surface area (TPSA) is 64.2 Å². The third-order valence-electron chi connectivity index (χ3n) is 6.19. The van der Waals surface area contributed by atoms with Gasteiger partial charge in [-0.1, -0.05) is 0 Å². The van der Waals surface area contributed by atoms with E-state index in [9.17, 15) is 14.4 Å². The zero-order valence-corrected chi connectivity index (χ0v) is 17.7. The van der Waals surface area contributed by atoms with Crippen LogP contribution in [0.3, 0.4) is 0 Å². The molecule has 0 N–H and O–H groups in total. The van der Waals surface area contributed by atoms with Gasteiger partial charge in [0, 0.05) is 25.0 Å². The van der Waals surface area contributed by atoms with Crippen molar-refractivity contribution < 1.29 is 14.4 Å². The fourth-order valence-electron chi connectivity index (χ4n) is 4.52. The molecule has 1 saturated heterocycles. The molecule has 0 aliphatic carbocycles. The Bertz CT molecular complexity index is 815. The Morgan fingerprint density at radius 1 is 1.14 bits per heavy atom. The van der Waals surface area contributed by atoms with Gasteiger partial charge in [0.05, 0.1) is 18.2 Å². The van der Waals surface area contributed by atoms with E-state index < -0.39 is 0 Å². The molecule has 8 heteroatoms. The lowest BCUT2D eigenvalue weighted by Gasteiger charge is -2.32. The molecule has 1 fully saturated rings. The average Bonchev–Trinajstić information content (AvgIpc) is 3.32. The van der Waals surface area contributed by atoms with Crippen molar-refractivity contribution in [2.75, 3.05) is 44.7 Å². The first-order valence-corrected chi connectivity index (χ1v) is 11.0. The second kappa shape index (κ2) is 7.48. The summed E-state index contributed by atoms with van der Waals surface area (Å²) >= 11 is 1.51. The zero-order chi connectivity index (χ0) is 20.0. The monoisotopic (exact) mass is 404 g/mol. The Morgan fingerprint density at radius 2 is 1.86 bits per heavy atom. The molecular formula is C20H28N4O3S. The lowest BCUT2D eigenvalue weighted by atomic mass is 10.0. The minimum Gasteiger partial charge on any atom is -0.336 e. The van der Waals surface area contributed by atoms with Crippen LogP contribution < -0.4 is 4.90 Å². The van der Waals surface area contributed by atoms with E-state index in [0.717, 1.165) is 41.4 Å². The standard InChI is InChI=1S/C20H28N4O3S/c1-4-24-16(25)12-21(3)19(27)17-14-7-10-23(11-15(14)28-20(17)24)18(26)13(2)22-8-5-6-9-22/h13H,4-12H2,1-3H3. The number of likely N-dealkylation sites (tertiary alicyclic amines) is 1. The molecule has 1 atom stereocenters. The molecular weight excluding hydrogens is 376 g/mol. The predicted octanol–water partition coefficient (Wildman–Crippen LogP) is 1.56. The van der Waals surface area contributed by atoms with Gasteiger partial charge >= 0.3 is 0 Å². The van der Waals surface area contributed by atoms with E-state index in [1.165, 1.54) is 16.2 Å². The van der Waals surface area contributed by atoms with E-state index in [1.54, 1.807) is 11.9 Å². The SMILES string of the molecule is CCN1C(=O)CN(C)C(=O)c2c1sc1c2CCN(C(=O)C(C)N2CCCC2)C1. The summed E-state index contributed by atoms with van der Waals surface area (Å²) in [5.41, 5.74) is 1.71. The van der Waals surface area contributed by atoms with Crippen LogP contribution in [0.2, 0.25) is 0 Å². The van der Waals surface area contributed by atoms with E-state index in [-0.39, 0.29) is 30.3 Å². The molecule has 152 valence electrons. The van der Waals surface area contributed by atoms with Crippen molar-refractivity contribution in [3.63, 3.8) is 0 Å². The molecule has 1 aromatic rings. The first-order chi connectivity index (χ1) is 13.4. The Labute approximate surface area is 169 Å². The normalized spacial score (nSPS) is 21.6. The molecule has 4 rings (SSSR count). The summed E-state index contributed by atoms with van der Waals surface area (Å²) in [7, 11) is 1.68. The number of likely N-dealkylation sites (N-methyl/N-ethyl adjacent to an activating group) is 2. The highest BCUT2D eigenvalue weighted by molar-refractivity contribution is 7.17. The molecule has 28 heavy (non-hydrogen) atoms. The summed E-state index contributed by atoms with van der Waals surface area (Å²) in [5, 5.41) is 0.758. The van der Waals surface area contributed by atoms with Gasteiger partial charge in [0.2, 0.25) is 11.8 Å². The molecule has 0 saturated carbocycles. The summed E-state index contributed by atoms with van der Waals surface area (Å²) in [6.07, 6.45) is 3.00. The van der Waals surface area contributed by atoms with Crippen molar-refractivity contribution in [3.05, 3.63) is 16.0 Å². The van der Waals surface area contributed by atoms with Crippen LogP contribution in [0.1, 0.15) is 47.5 Å². The van der Waals surface area contributed by atoms with Crippen molar-refractivity contribution in [1.29, 1.82) is 0 Å². The highest BCUT2D eigenvalue weighted by Crippen LogP contribution is 2.41. The zero-order valence-electron chi connectivity index (χ0n) is 16.9. The summed E-state index contributed by atoms with van der Waals surface area (Å²) in [4.78, 5) is 47.0. The molecule has 0 bridgehead atoms. The Kier molecular flexibility index (Phi) is 5.18. The Hall–Kier alpha value is -1.93. The van der Waals surface area contributed by atoms with Gasteiger partial charge in [-0.25, -0.2) is 0 Å². The first-order valence-electron chi connectivity index (χ1n) is 10.2. The minimum atomic E-state index is -0.0941. The number of fused-ring (bicyclic) bond motifs is 3. The van der Waals surface area contributed by atoms with Gasteiger partial charge < -0.3 is 14.7 Å². The van der Waals surface area contributed by atoms with E-state index >= 15 is 0 Å². The Morgan fingerprint density at radius 3 is 2.54 bits per heavy atom. The van der Waals surface area contributed by atoms with Crippen molar-refractivity contribution in [3.8, 4) is 0 Å². The molecule has 7 nitrogen and oxygen atoms in total. The summed E-state index contributed by atoms with van der Waals surface area (Å²) < 4.78 is 0. The molecule has 4 heterocycles. The van der Waals surface area contributed by atoms with Crippen LogP contribution in [0.4, 0.5) is 5.00 Å². The molecule has 3 aliphatic heterocycles. The number of carbonyl (C=O) groups excluding carboxylic acids is 3. The smallest absolute Gasteiger partial charge is 0.257 e. The van der Waals surface area contributed by atoms with Crippen LogP contribution in [0.25, 0.3) is 0 Å². The van der Waals surface area contributed by atoms with Crippen LogP contribution >= 0.6 is 11.3 Å². The average molecular weight is 405 g/mol. The number of hydrogen-bond donors (Lipinski definition) is 0. The van der Waals surface area contributed by atoms with Gasteiger partial charge in [-0.3, -0.25) is 19.3 Å². The number of hydrogen-bond acceptors (Lipinski definition) is 5. The third-order valence-corrected chi connectivity index (χ3v) is 7.43. The number of carbonyl (C=O) groups is 3. The lowest BCUT2D eigenvalue weighted by Crippen LogP contribution is -2.47. The minimum absolute atomic E-state index is 0.0497. The van der Waals surface area contributed by atoms with E-state index in [1.807, 2.05) is 18.7 Å². The van der Waals surface area contributed by atoms with Crippen molar-refractivity contribution in [1.82, 2.24) is 14.7 Å². The molecule has 1 aromatic heterocycles. The Balaban J connectivity index is 1.62. The highest BCUT2D eigenvalue weighted by atomic mass is 32.1. The maximum atomic E-state index is 13.0. The fraction of sp³-hybridized carbons (Fsp3) is 0.650. The highest BCUT2D eigenvalue weighted by Gasteiger charge is 2.38. The van der Waals surface area contributed by atoms with Crippen LogP contribution in [-0.4, -0.2) is 78.2 Å². The van der Waals surface area contributed by atoms with Crippen LogP contribution in [-0.2, 0) is 22.6 Å². The predicted molar refractivity (Wildman–Crippen MR) is 109 cm³/mol. The molecule has 0 spiro atoms. The second-order valence-corrected chi connectivity index (χ2v) is 9.00. The molecule has 3 aliphatic rings. The maximum absolute atomic E-state index is 13.0. The van der Waals surface area contributed by atoms with Crippen molar-refractivity contribution in [2.45, 2.75) is 45.7 Å². The van der Waals surface area contributed by atoms with Gasteiger partial charge in [-0.2, -0.15) is 0 Å². The molecule has 0 radical (unpaired) electrons. The largest absolute Gasteiger partial charge is 0.336 e. The summed E-state index contributed by atoms with van der Waals surface area (Å²) in [6, 6.07) is -0.0941. The molecule has 0 aromatic carbocycles. The number of nitrogens with zero attached hydrogens (tertiary/aromatic N) is 4. The quantitative estimate of drug-likeness (QED) is 0.767. The van der Waals surface area contributed by atoms with Crippen molar-refractivity contribution in [2.24, 2.45) is 0 Å². The molecule has 1 unspecified atom stereocenters. The van der Waals surface area contributed by atoms with E-state index in [2.05, 4.69) is 4.90 Å². The van der Waals surface area contributed by atoms with Gasteiger partial charge in [-0.15, -0.1) is 11.3 Å². The number of amides is 3. The number of thiophene rings is 1.